The Bertz CT molecular complexity index is 586. The highest BCUT2D eigenvalue weighted by molar-refractivity contribution is 9.09. The van der Waals surface area contributed by atoms with Crippen LogP contribution in [0, 0.1) is 11.6 Å². The van der Waals surface area contributed by atoms with E-state index in [4.69, 9.17) is 4.74 Å². The molecular weight excluding hydrogens is 326 g/mol. The van der Waals surface area contributed by atoms with Crippen molar-refractivity contribution in [1.29, 1.82) is 0 Å². The Hall–Kier alpha value is -1.42. The number of ether oxygens (including phenoxy) is 1. The van der Waals surface area contributed by atoms with Crippen molar-refractivity contribution in [3.8, 4) is 5.75 Å². The van der Waals surface area contributed by atoms with Crippen LogP contribution in [-0.2, 0) is 0 Å². The monoisotopic (exact) mass is 340 g/mol. The lowest BCUT2D eigenvalue weighted by atomic mass is 10.0. The summed E-state index contributed by atoms with van der Waals surface area (Å²) >= 11 is 3.45. The Kier molecular flexibility index (Phi) is 5.12. The van der Waals surface area contributed by atoms with Crippen LogP contribution < -0.4 is 4.74 Å². The Morgan fingerprint density at radius 3 is 2.65 bits per heavy atom. The van der Waals surface area contributed by atoms with Gasteiger partial charge in [-0.05, 0) is 30.2 Å². The third-order valence-corrected chi connectivity index (χ3v) is 3.88. The van der Waals surface area contributed by atoms with E-state index >= 15 is 0 Å². The molecule has 0 saturated carbocycles. The van der Waals surface area contributed by atoms with E-state index in [1.807, 2.05) is 31.2 Å². The molecule has 0 bridgehead atoms. The van der Waals surface area contributed by atoms with Gasteiger partial charge in [0.2, 0.25) is 0 Å². The van der Waals surface area contributed by atoms with Crippen molar-refractivity contribution in [2.45, 2.75) is 18.2 Å². The normalized spacial score (nSPS) is 12.2. The zero-order valence-electron chi connectivity index (χ0n) is 11.1. The van der Waals surface area contributed by atoms with E-state index in [1.54, 1.807) is 0 Å². The van der Waals surface area contributed by atoms with Crippen molar-refractivity contribution in [3.05, 3.63) is 65.2 Å². The molecule has 0 saturated heterocycles. The van der Waals surface area contributed by atoms with Crippen LogP contribution in [0.25, 0.3) is 0 Å². The summed E-state index contributed by atoms with van der Waals surface area (Å²) in [5.74, 6) is -0.394. The van der Waals surface area contributed by atoms with Crippen LogP contribution in [0.3, 0.4) is 0 Å². The van der Waals surface area contributed by atoms with Crippen LogP contribution in [0.5, 0.6) is 5.75 Å². The lowest BCUT2D eigenvalue weighted by Crippen LogP contribution is -1.99. The molecule has 0 spiro atoms. The first-order valence-electron chi connectivity index (χ1n) is 6.43. The van der Waals surface area contributed by atoms with Crippen LogP contribution in [0.1, 0.15) is 29.3 Å². The first-order valence-corrected chi connectivity index (χ1v) is 7.35. The zero-order chi connectivity index (χ0) is 14.5. The summed E-state index contributed by atoms with van der Waals surface area (Å²) in [6.07, 6.45) is 0.925. The van der Waals surface area contributed by atoms with Crippen molar-refractivity contribution in [3.63, 3.8) is 0 Å². The second kappa shape index (κ2) is 6.84. The Balaban J connectivity index is 2.26. The molecule has 20 heavy (non-hydrogen) atoms. The van der Waals surface area contributed by atoms with E-state index in [0.717, 1.165) is 23.8 Å². The molecule has 0 aliphatic heterocycles. The van der Waals surface area contributed by atoms with Crippen LogP contribution in [-0.4, -0.2) is 6.61 Å². The zero-order valence-corrected chi connectivity index (χ0v) is 12.7. The summed E-state index contributed by atoms with van der Waals surface area (Å²) in [6.45, 7) is 2.67. The van der Waals surface area contributed by atoms with Crippen molar-refractivity contribution < 1.29 is 13.5 Å². The van der Waals surface area contributed by atoms with Crippen molar-refractivity contribution >= 4 is 15.9 Å². The average Bonchev–Trinajstić information content (AvgIpc) is 2.45. The van der Waals surface area contributed by atoms with E-state index in [0.29, 0.717) is 12.2 Å². The minimum Gasteiger partial charge on any atom is -0.494 e. The van der Waals surface area contributed by atoms with Gasteiger partial charge in [0.15, 0.2) is 0 Å². The van der Waals surface area contributed by atoms with Gasteiger partial charge in [0, 0.05) is 11.6 Å². The standard InChI is InChI=1S/C16H15BrF2O/c1-2-8-20-13-5-3-4-11(9-13)16(17)14-7-6-12(18)10-15(14)19/h3-7,9-10,16H,2,8H2,1H3. The second-order valence-electron chi connectivity index (χ2n) is 4.45. The van der Waals surface area contributed by atoms with Gasteiger partial charge in [-0.25, -0.2) is 8.78 Å². The number of hydrogen-bond acceptors (Lipinski definition) is 1. The molecule has 2 aromatic carbocycles. The number of alkyl halides is 1. The summed E-state index contributed by atoms with van der Waals surface area (Å²) in [7, 11) is 0. The molecule has 0 heterocycles. The Labute approximate surface area is 125 Å². The molecule has 0 fully saturated rings. The van der Waals surface area contributed by atoms with Gasteiger partial charge in [0.25, 0.3) is 0 Å². The molecule has 0 aliphatic carbocycles. The van der Waals surface area contributed by atoms with Gasteiger partial charge in [-0.15, -0.1) is 0 Å². The highest BCUT2D eigenvalue weighted by Crippen LogP contribution is 2.34. The molecular formula is C16H15BrF2O. The molecule has 0 aliphatic rings. The maximum absolute atomic E-state index is 13.8. The highest BCUT2D eigenvalue weighted by Gasteiger charge is 2.16. The third kappa shape index (κ3) is 3.57. The largest absolute Gasteiger partial charge is 0.494 e. The lowest BCUT2D eigenvalue weighted by molar-refractivity contribution is 0.317. The van der Waals surface area contributed by atoms with Gasteiger partial charge < -0.3 is 4.74 Å². The minimum atomic E-state index is -0.578. The van der Waals surface area contributed by atoms with Crippen molar-refractivity contribution in [2.24, 2.45) is 0 Å². The topological polar surface area (TPSA) is 9.23 Å². The quantitative estimate of drug-likeness (QED) is 0.676. The van der Waals surface area contributed by atoms with Crippen LogP contribution in [0.15, 0.2) is 42.5 Å². The second-order valence-corrected chi connectivity index (χ2v) is 5.37. The van der Waals surface area contributed by atoms with Crippen LogP contribution in [0.4, 0.5) is 8.78 Å². The molecule has 1 unspecified atom stereocenters. The minimum absolute atomic E-state index is 0.340. The van der Waals surface area contributed by atoms with E-state index in [-0.39, 0.29) is 4.83 Å². The highest BCUT2D eigenvalue weighted by atomic mass is 79.9. The fourth-order valence-corrected chi connectivity index (χ4v) is 2.52. The van der Waals surface area contributed by atoms with E-state index < -0.39 is 11.6 Å². The van der Waals surface area contributed by atoms with Gasteiger partial charge >= 0.3 is 0 Å². The van der Waals surface area contributed by atoms with E-state index in [9.17, 15) is 8.78 Å². The Morgan fingerprint density at radius 2 is 1.95 bits per heavy atom. The van der Waals surface area contributed by atoms with Gasteiger partial charge in [-0.1, -0.05) is 41.1 Å². The van der Waals surface area contributed by atoms with Gasteiger partial charge in [0.1, 0.15) is 17.4 Å². The number of benzene rings is 2. The molecule has 0 amide bonds. The first kappa shape index (κ1) is 15.0. The molecule has 0 radical (unpaired) electrons. The summed E-state index contributed by atoms with van der Waals surface area (Å²) in [4.78, 5) is -0.340. The molecule has 1 atom stereocenters. The molecule has 0 N–H and O–H groups in total. The Morgan fingerprint density at radius 1 is 1.15 bits per heavy atom. The predicted octanol–water partition coefficient (Wildman–Crippen LogP) is 5.24. The maximum atomic E-state index is 13.8. The molecule has 2 aromatic rings. The van der Waals surface area contributed by atoms with E-state index in [2.05, 4.69) is 15.9 Å². The molecule has 1 nitrogen and oxygen atoms in total. The molecule has 0 aromatic heterocycles. The lowest BCUT2D eigenvalue weighted by Gasteiger charge is -2.13. The van der Waals surface area contributed by atoms with Gasteiger partial charge in [-0.2, -0.15) is 0 Å². The molecule has 106 valence electrons. The third-order valence-electron chi connectivity index (χ3n) is 2.86. The first-order chi connectivity index (χ1) is 9.61. The molecule has 2 rings (SSSR count). The van der Waals surface area contributed by atoms with Crippen molar-refractivity contribution in [2.75, 3.05) is 6.61 Å². The summed E-state index contributed by atoms with van der Waals surface area (Å²) in [6, 6.07) is 11.0. The number of hydrogen-bond donors (Lipinski definition) is 0. The van der Waals surface area contributed by atoms with Gasteiger partial charge in [-0.3, -0.25) is 0 Å². The van der Waals surface area contributed by atoms with Crippen LogP contribution in [0.2, 0.25) is 0 Å². The number of rotatable bonds is 5. The molecule has 4 heteroatoms. The van der Waals surface area contributed by atoms with Gasteiger partial charge in [0.05, 0.1) is 11.4 Å². The smallest absolute Gasteiger partial charge is 0.130 e. The summed E-state index contributed by atoms with van der Waals surface area (Å²) in [5.41, 5.74) is 1.27. The van der Waals surface area contributed by atoms with Crippen molar-refractivity contribution in [1.82, 2.24) is 0 Å². The predicted molar refractivity (Wildman–Crippen MR) is 79.4 cm³/mol. The maximum Gasteiger partial charge on any atom is 0.130 e. The average molecular weight is 341 g/mol. The summed E-state index contributed by atoms with van der Waals surface area (Å²) in [5, 5.41) is 0. The SMILES string of the molecule is CCCOc1cccc(C(Br)c2ccc(F)cc2F)c1. The number of halogens is 3. The summed E-state index contributed by atoms with van der Waals surface area (Å²) < 4.78 is 32.3. The fraction of sp³-hybridized carbons (Fsp3) is 0.250. The van der Waals surface area contributed by atoms with Crippen LogP contribution >= 0.6 is 15.9 Å². The fourth-order valence-electron chi connectivity index (χ4n) is 1.87. The van der Waals surface area contributed by atoms with E-state index in [1.165, 1.54) is 12.1 Å².